The Hall–Kier alpha value is -2.78. The molecule has 40 heavy (non-hydrogen) atoms. The molecule has 0 heterocycles. The van der Waals surface area contributed by atoms with Gasteiger partial charge in [0.05, 0.1) is 10.6 Å². The van der Waals surface area contributed by atoms with Gasteiger partial charge in [-0.25, -0.2) is 8.42 Å². The van der Waals surface area contributed by atoms with Gasteiger partial charge < -0.3 is 10.2 Å². The van der Waals surface area contributed by atoms with Crippen molar-refractivity contribution < 1.29 is 18.0 Å². The van der Waals surface area contributed by atoms with E-state index in [2.05, 4.69) is 5.32 Å². The summed E-state index contributed by atoms with van der Waals surface area (Å²) in [7, 11) is -4.17. The van der Waals surface area contributed by atoms with Crippen LogP contribution in [0.5, 0.6) is 0 Å². The fourth-order valence-electron chi connectivity index (χ4n) is 4.14. The van der Waals surface area contributed by atoms with E-state index < -0.39 is 28.5 Å². The molecule has 3 aromatic carbocycles. The minimum Gasteiger partial charge on any atom is -0.354 e. The first-order chi connectivity index (χ1) is 19.1. The zero-order valence-electron chi connectivity index (χ0n) is 22.3. The van der Waals surface area contributed by atoms with Crippen molar-refractivity contribution in [2.75, 3.05) is 17.4 Å². The molecule has 11 heteroatoms. The Morgan fingerprint density at radius 2 is 1.60 bits per heavy atom. The van der Waals surface area contributed by atoms with Crippen LogP contribution in [0.3, 0.4) is 0 Å². The molecule has 0 radical (unpaired) electrons. The maximum absolute atomic E-state index is 14.0. The van der Waals surface area contributed by atoms with E-state index in [-0.39, 0.29) is 23.0 Å². The van der Waals surface area contributed by atoms with Crippen LogP contribution in [0, 0.1) is 0 Å². The van der Waals surface area contributed by atoms with Crippen LogP contribution in [0.15, 0.2) is 77.7 Å². The fourth-order valence-corrected chi connectivity index (χ4v) is 6.22. The zero-order valence-corrected chi connectivity index (χ0v) is 25.4. The first-order valence-electron chi connectivity index (χ1n) is 12.9. The molecule has 0 bridgehead atoms. The van der Waals surface area contributed by atoms with Crippen molar-refractivity contribution in [1.29, 1.82) is 0 Å². The molecule has 0 fully saturated rings. The monoisotopic (exact) mass is 623 g/mol. The summed E-state index contributed by atoms with van der Waals surface area (Å²) in [5, 5.41) is 3.96. The van der Waals surface area contributed by atoms with Gasteiger partial charge in [0.25, 0.3) is 10.0 Å². The van der Waals surface area contributed by atoms with Crippen molar-refractivity contribution in [2.24, 2.45) is 0 Å². The van der Waals surface area contributed by atoms with Gasteiger partial charge >= 0.3 is 0 Å². The van der Waals surface area contributed by atoms with Crippen LogP contribution >= 0.6 is 34.8 Å². The molecule has 0 aliphatic heterocycles. The number of halogens is 3. The van der Waals surface area contributed by atoms with E-state index in [1.807, 2.05) is 6.92 Å². The summed E-state index contributed by atoms with van der Waals surface area (Å²) in [4.78, 5) is 28.7. The topological polar surface area (TPSA) is 86.8 Å². The van der Waals surface area contributed by atoms with Crippen molar-refractivity contribution >= 4 is 62.3 Å². The second-order valence-electron chi connectivity index (χ2n) is 9.13. The molecular formula is C29H32Cl3N3O4S. The lowest BCUT2D eigenvalue weighted by Crippen LogP contribution is -2.52. The Balaban J connectivity index is 2.05. The number of unbranched alkanes of at least 4 members (excludes halogenated alkanes) is 1. The number of sulfonamides is 1. The van der Waals surface area contributed by atoms with Crippen molar-refractivity contribution in [3.8, 4) is 0 Å². The van der Waals surface area contributed by atoms with Gasteiger partial charge in [-0.3, -0.25) is 13.9 Å². The Morgan fingerprint density at radius 1 is 0.900 bits per heavy atom. The molecule has 214 valence electrons. The smallest absolute Gasteiger partial charge is 0.264 e. The standard InChI is InChI=1S/C29H32Cl3N3O4S/c1-3-5-16-33-29(37)27(4-2)34(19-21-14-15-23(31)18-26(21)32)28(36)20-35(24-11-9-10-22(30)17-24)40(38,39)25-12-7-6-8-13-25/h6-15,17-18,27H,3-5,16,19-20H2,1-2H3,(H,33,37)/t27-/m1/s1. The number of benzene rings is 3. The molecule has 7 nitrogen and oxygen atoms in total. The molecule has 1 N–H and O–H groups in total. The molecule has 0 spiro atoms. The number of carbonyl (C=O) groups is 2. The third-order valence-electron chi connectivity index (χ3n) is 6.28. The lowest BCUT2D eigenvalue weighted by atomic mass is 10.1. The number of nitrogens with one attached hydrogen (secondary N) is 1. The Labute approximate surface area is 251 Å². The number of hydrogen-bond acceptors (Lipinski definition) is 4. The van der Waals surface area contributed by atoms with Crippen LogP contribution in [-0.2, 0) is 26.2 Å². The molecule has 3 rings (SSSR count). The number of carbonyl (C=O) groups excluding carboxylic acids is 2. The van der Waals surface area contributed by atoms with Gasteiger partial charge in [0.2, 0.25) is 11.8 Å². The summed E-state index contributed by atoms with van der Waals surface area (Å²) >= 11 is 18.7. The van der Waals surface area contributed by atoms with Gasteiger partial charge in [-0.1, -0.05) is 85.4 Å². The van der Waals surface area contributed by atoms with E-state index in [1.54, 1.807) is 61.5 Å². The van der Waals surface area contributed by atoms with Crippen LogP contribution in [0.4, 0.5) is 5.69 Å². The van der Waals surface area contributed by atoms with E-state index in [4.69, 9.17) is 34.8 Å². The second kappa shape index (κ2) is 14.7. The van der Waals surface area contributed by atoms with Gasteiger partial charge in [-0.2, -0.15) is 0 Å². The first-order valence-corrected chi connectivity index (χ1v) is 15.5. The summed E-state index contributed by atoms with van der Waals surface area (Å²) in [5.41, 5.74) is 0.786. The third kappa shape index (κ3) is 8.13. The van der Waals surface area contributed by atoms with Crippen molar-refractivity contribution in [3.63, 3.8) is 0 Å². The minimum absolute atomic E-state index is 0.0134. The molecule has 0 aliphatic rings. The highest BCUT2D eigenvalue weighted by atomic mass is 35.5. The van der Waals surface area contributed by atoms with Crippen molar-refractivity contribution in [1.82, 2.24) is 10.2 Å². The predicted octanol–water partition coefficient (Wildman–Crippen LogP) is 6.57. The summed E-state index contributed by atoms with van der Waals surface area (Å²) < 4.78 is 28.6. The fraction of sp³-hybridized carbons (Fsp3) is 0.310. The minimum atomic E-state index is -4.17. The largest absolute Gasteiger partial charge is 0.354 e. The lowest BCUT2D eigenvalue weighted by Gasteiger charge is -2.33. The highest BCUT2D eigenvalue weighted by Crippen LogP contribution is 2.28. The van der Waals surface area contributed by atoms with Crippen molar-refractivity contribution in [2.45, 2.75) is 50.6 Å². The van der Waals surface area contributed by atoms with E-state index >= 15 is 0 Å². The molecule has 1 atom stereocenters. The average Bonchev–Trinajstić information content (AvgIpc) is 2.93. The second-order valence-corrected chi connectivity index (χ2v) is 12.3. The summed E-state index contributed by atoms with van der Waals surface area (Å²) in [6.07, 6.45) is 1.99. The number of anilines is 1. The van der Waals surface area contributed by atoms with Gasteiger partial charge in [0, 0.05) is 28.2 Å². The van der Waals surface area contributed by atoms with Gasteiger partial charge in [-0.15, -0.1) is 0 Å². The van der Waals surface area contributed by atoms with Gasteiger partial charge in [-0.05, 0) is 60.9 Å². The van der Waals surface area contributed by atoms with Crippen LogP contribution in [0.1, 0.15) is 38.7 Å². The van der Waals surface area contributed by atoms with Gasteiger partial charge in [0.15, 0.2) is 0 Å². The Bertz CT molecular complexity index is 1420. The number of nitrogens with zero attached hydrogens (tertiary/aromatic N) is 2. The number of hydrogen-bond donors (Lipinski definition) is 1. The molecule has 3 aromatic rings. The average molecular weight is 625 g/mol. The Morgan fingerprint density at radius 3 is 2.23 bits per heavy atom. The molecule has 0 aromatic heterocycles. The molecule has 0 aliphatic carbocycles. The SMILES string of the molecule is CCCCNC(=O)[C@@H](CC)N(Cc1ccc(Cl)cc1Cl)C(=O)CN(c1cccc(Cl)c1)S(=O)(=O)c1ccccc1. The molecule has 2 amide bonds. The predicted molar refractivity (Wildman–Crippen MR) is 161 cm³/mol. The maximum Gasteiger partial charge on any atom is 0.264 e. The quantitative estimate of drug-likeness (QED) is 0.218. The van der Waals surface area contributed by atoms with E-state index in [9.17, 15) is 18.0 Å². The summed E-state index contributed by atoms with van der Waals surface area (Å²) in [6, 6.07) is 18.1. The lowest BCUT2D eigenvalue weighted by molar-refractivity contribution is -0.140. The van der Waals surface area contributed by atoms with Gasteiger partial charge in [0.1, 0.15) is 12.6 Å². The van der Waals surface area contributed by atoms with Crippen LogP contribution in [0.25, 0.3) is 0 Å². The van der Waals surface area contributed by atoms with Crippen molar-refractivity contribution in [3.05, 3.63) is 93.4 Å². The normalized spacial score (nSPS) is 12.0. The van der Waals surface area contributed by atoms with Crippen LogP contribution < -0.4 is 9.62 Å². The van der Waals surface area contributed by atoms with Crippen LogP contribution in [0.2, 0.25) is 15.1 Å². The molecular weight excluding hydrogens is 593 g/mol. The molecule has 0 saturated heterocycles. The van der Waals surface area contributed by atoms with E-state index in [0.29, 0.717) is 33.6 Å². The van der Waals surface area contributed by atoms with E-state index in [0.717, 1.165) is 17.1 Å². The summed E-state index contributed by atoms with van der Waals surface area (Å²) in [6.45, 7) is 3.68. The highest BCUT2D eigenvalue weighted by molar-refractivity contribution is 7.92. The zero-order chi connectivity index (χ0) is 29.3. The van der Waals surface area contributed by atoms with E-state index in [1.165, 1.54) is 23.1 Å². The first kappa shape index (κ1) is 31.7. The molecule has 0 unspecified atom stereocenters. The van der Waals surface area contributed by atoms with Crippen LogP contribution in [-0.4, -0.2) is 44.3 Å². The molecule has 0 saturated carbocycles. The third-order valence-corrected chi connectivity index (χ3v) is 8.89. The summed E-state index contributed by atoms with van der Waals surface area (Å²) in [5.74, 6) is -0.905. The number of amides is 2. The maximum atomic E-state index is 14.0. The highest BCUT2D eigenvalue weighted by Gasteiger charge is 2.34. The Kier molecular flexibility index (Phi) is 11.7. The number of rotatable bonds is 13.